The summed E-state index contributed by atoms with van der Waals surface area (Å²) in [6, 6.07) is 18.1. The van der Waals surface area contributed by atoms with Crippen LogP contribution in [0.3, 0.4) is 0 Å². The van der Waals surface area contributed by atoms with E-state index in [1.807, 2.05) is 54.0 Å². The molecule has 0 spiro atoms. The maximum atomic E-state index is 6.27. The van der Waals surface area contributed by atoms with Crippen LogP contribution in [0.1, 0.15) is 18.4 Å². The number of hydrogen-bond acceptors (Lipinski definition) is 7. The first-order chi connectivity index (χ1) is 13.7. The van der Waals surface area contributed by atoms with Crippen LogP contribution in [-0.4, -0.2) is 40.2 Å². The predicted molar refractivity (Wildman–Crippen MR) is 113 cm³/mol. The Morgan fingerprint density at radius 3 is 2.43 bits per heavy atom. The van der Waals surface area contributed by atoms with E-state index in [-0.39, 0.29) is 0 Å². The zero-order valence-corrected chi connectivity index (χ0v) is 16.6. The van der Waals surface area contributed by atoms with Crippen molar-refractivity contribution >= 4 is 23.2 Å². The first kappa shape index (κ1) is 18.3. The zero-order chi connectivity index (χ0) is 19.5. The fourth-order valence-corrected chi connectivity index (χ4v) is 3.62. The van der Waals surface area contributed by atoms with Gasteiger partial charge in [0.05, 0.1) is 12.3 Å². The van der Waals surface area contributed by atoms with Gasteiger partial charge in [0.2, 0.25) is 5.89 Å². The predicted octanol–water partition coefficient (Wildman–Crippen LogP) is 3.87. The number of aliphatic imine (C=N–C) groups is 1. The van der Waals surface area contributed by atoms with Gasteiger partial charge in [-0.1, -0.05) is 37.3 Å². The van der Waals surface area contributed by atoms with Crippen LogP contribution < -0.4 is 5.73 Å². The third kappa shape index (κ3) is 3.66. The third-order valence-electron chi connectivity index (χ3n) is 4.43. The smallest absolute Gasteiger partial charge is 0.270 e. The maximum absolute atomic E-state index is 6.27. The Kier molecular flexibility index (Phi) is 5.16. The SMILES string of the molecule is CCSc1ccc(C2=NC(c3nnc(-c4ccccc4)o3)=C(N)N(C)C2)cc1. The molecule has 0 saturated heterocycles. The van der Waals surface area contributed by atoms with Gasteiger partial charge in [0.15, 0.2) is 5.70 Å². The van der Waals surface area contributed by atoms with Crippen molar-refractivity contribution in [1.29, 1.82) is 0 Å². The van der Waals surface area contributed by atoms with Crippen LogP contribution in [-0.2, 0) is 0 Å². The van der Waals surface area contributed by atoms with Crippen molar-refractivity contribution in [3.8, 4) is 11.5 Å². The molecule has 0 saturated carbocycles. The van der Waals surface area contributed by atoms with Crippen LogP contribution in [0.4, 0.5) is 0 Å². The molecule has 142 valence electrons. The molecule has 0 amide bonds. The number of benzene rings is 2. The lowest BCUT2D eigenvalue weighted by Crippen LogP contribution is -2.34. The van der Waals surface area contributed by atoms with Crippen molar-refractivity contribution in [2.24, 2.45) is 10.7 Å². The topological polar surface area (TPSA) is 80.5 Å². The highest BCUT2D eigenvalue weighted by Crippen LogP contribution is 2.27. The first-order valence-electron chi connectivity index (χ1n) is 9.06. The Morgan fingerprint density at radius 1 is 1.00 bits per heavy atom. The van der Waals surface area contributed by atoms with Crippen LogP contribution in [0.5, 0.6) is 0 Å². The Balaban J connectivity index is 1.67. The normalized spacial score (nSPS) is 14.4. The molecule has 6 nitrogen and oxygen atoms in total. The highest BCUT2D eigenvalue weighted by molar-refractivity contribution is 7.99. The van der Waals surface area contributed by atoms with Crippen LogP contribution >= 0.6 is 11.8 Å². The summed E-state index contributed by atoms with van der Waals surface area (Å²) in [7, 11) is 1.93. The molecule has 0 aliphatic carbocycles. The molecule has 4 rings (SSSR count). The summed E-state index contributed by atoms with van der Waals surface area (Å²) >= 11 is 1.82. The summed E-state index contributed by atoms with van der Waals surface area (Å²) in [6.07, 6.45) is 0. The van der Waals surface area contributed by atoms with E-state index in [2.05, 4.69) is 41.4 Å². The highest BCUT2D eigenvalue weighted by atomic mass is 32.2. The maximum Gasteiger partial charge on any atom is 0.270 e. The van der Waals surface area contributed by atoms with Crippen LogP contribution in [0.15, 0.2) is 74.7 Å². The van der Waals surface area contributed by atoms with Crippen molar-refractivity contribution in [2.45, 2.75) is 11.8 Å². The van der Waals surface area contributed by atoms with Gasteiger partial charge < -0.3 is 15.1 Å². The van der Waals surface area contributed by atoms with Gasteiger partial charge in [-0.2, -0.15) is 0 Å². The Morgan fingerprint density at radius 2 is 1.71 bits per heavy atom. The van der Waals surface area contributed by atoms with Gasteiger partial charge in [-0.3, -0.25) is 0 Å². The standard InChI is InChI=1S/C21H21N5OS/c1-3-28-16-11-9-14(10-12-16)17-13-26(2)19(22)18(23-17)21-25-24-20(27-21)15-7-5-4-6-8-15/h4-12H,3,13,22H2,1-2H3. The fraction of sp³-hybridized carbons (Fsp3) is 0.190. The van der Waals surface area contributed by atoms with E-state index in [0.29, 0.717) is 29.8 Å². The van der Waals surface area contributed by atoms with E-state index in [4.69, 9.17) is 15.1 Å². The molecular formula is C21H21N5OS. The Labute approximate surface area is 168 Å². The van der Waals surface area contributed by atoms with E-state index in [0.717, 1.165) is 22.6 Å². The molecule has 28 heavy (non-hydrogen) atoms. The second-order valence-electron chi connectivity index (χ2n) is 6.38. The molecule has 1 aliphatic heterocycles. The minimum Gasteiger partial charge on any atom is -0.414 e. The Hall–Kier alpha value is -3.06. The minimum atomic E-state index is 0.318. The van der Waals surface area contributed by atoms with Crippen molar-refractivity contribution in [3.63, 3.8) is 0 Å². The zero-order valence-electron chi connectivity index (χ0n) is 15.8. The number of likely N-dealkylation sites (N-methyl/N-ethyl adjacent to an activating group) is 1. The number of rotatable bonds is 5. The molecule has 0 unspecified atom stereocenters. The minimum absolute atomic E-state index is 0.318. The quantitative estimate of drug-likeness (QED) is 0.665. The van der Waals surface area contributed by atoms with E-state index >= 15 is 0 Å². The summed E-state index contributed by atoms with van der Waals surface area (Å²) in [5, 5.41) is 8.33. The summed E-state index contributed by atoms with van der Waals surface area (Å²) in [5.41, 5.74) is 9.61. The van der Waals surface area contributed by atoms with Gasteiger partial charge in [-0.05, 0) is 35.6 Å². The molecule has 0 bridgehead atoms. The van der Waals surface area contributed by atoms with Gasteiger partial charge in [0.25, 0.3) is 5.89 Å². The largest absolute Gasteiger partial charge is 0.414 e. The lowest BCUT2D eigenvalue weighted by Gasteiger charge is -2.26. The van der Waals surface area contributed by atoms with E-state index in [1.54, 1.807) is 0 Å². The summed E-state index contributed by atoms with van der Waals surface area (Å²) in [5.74, 6) is 2.33. The summed E-state index contributed by atoms with van der Waals surface area (Å²) in [4.78, 5) is 7.95. The molecule has 3 aromatic rings. The van der Waals surface area contributed by atoms with Crippen LogP contribution in [0.2, 0.25) is 0 Å². The number of nitrogens with two attached hydrogens (primary N) is 1. The lowest BCUT2D eigenvalue weighted by atomic mass is 10.1. The van der Waals surface area contributed by atoms with E-state index in [1.165, 1.54) is 4.90 Å². The van der Waals surface area contributed by atoms with E-state index in [9.17, 15) is 0 Å². The third-order valence-corrected chi connectivity index (χ3v) is 5.33. The van der Waals surface area contributed by atoms with Crippen LogP contribution in [0, 0.1) is 0 Å². The van der Waals surface area contributed by atoms with Crippen molar-refractivity contribution in [1.82, 2.24) is 15.1 Å². The molecule has 7 heteroatoms. The van der Waals surface area contributed by atoms with Gasteiger partial charge in [0.1, 0.15) is 5.82 Å². The highest BCUT2D eigenvalue weighted by Gasteiger charge is 2.24. The van der Waals surface area contributed by atoms with Gasteiger partial charge >= 0.3 is 0 Å². The van der Waals surface area contributed by atoms with Gasteiger partial charge in [0, 0.05) is 17.5 Å². The van der Waals surface area contributed by atoms with Crippen LogP contribution in [0.25, 0.3) is 17.2 Å². The second kappa shape index (κ2) is 7.90. The lowest BCUT2D eigenvalue weighted by molar-refractivity contribution is 0.461. The van der Waals surface area contributed by atoms with E-state index < -0.39 is 0 Å². The number of nitrogens with zero attached hydrogens (tertiary/aromatic N) is 4. The molecule has 2 N–H and O–H groups in total. The molecule has 0 atom stereocenters. The number of hydrogen-bond donors (Lipinski definition) is 1. The molecule has 0 radical (unpaired) electrons. The molecule has 2 aromatic carbocycles. The average Bonchev–Trinajstić information content (AvgIpc) is 3.21. The monoisotopic (exact) mass is 391 g/mol. The summed E-state index contributed by atoms with van der Waals surface area (Å²) in [6.45, 7) is 2.77. The fourth-order valence-electron chi connectivity index (χ4n) is 2.96. The molecule has 0 fully saturated rings. The van der Waals surface area contributed by atoms with Crippen molar-refractivity contribution in [3.05, 3.63) is 71.9 Å². The number of aromatic nitrogens is 2. The summed E-state index contributed by atoms with van der Waals surface area (Å²) < 4.78 is 5.87. The molecule has 1 aliphatic rings. The van der Waals surface area contributed by atoms with Crippen molar-refractivity contribution < 1.29 is 4.42 Å². The first-order valence-corrected chi connectivity index (χ1v) is 10.0. The van der Waals surface area contributed by atoms with Crippen molar-refractivity contribution in [2.75, 3.05) is 19.3 Å². The molecule has 1 aromatic heterocycles. The molecule has 2 heterocycles. The Bertz CT molecular complexity index is 1020. The average molecular weight is 392 g/mol. The number of thioether (sulfide) groups is 1. The van der Waals surface area contributed by atoms with Gasteiger partial charge in [-0.15, -0.1) is 22.0 Å². The van der Waals surface area contributed by atoms with Gasteiger partial charge in [-0.25, -0.2) is 4.99 Å². The second-order valence-corrected chi connectivity index (χ2v) is 7.72. The molecular weight excluding hydrogens is 370 g/mol.